The van der Waals surface area contributed by atoms with Crippen LogP contribution >= 0.6 is 0 Å². The lowest BCUT2D eigenvalue weighted by Gasteiger charge is -1.93. The van der Waals surface area contributed by atoms with Gasteiger partial charge >= 0.3 is 0 Å². The molecule has 0 saturated carbocycles. The van der Waals surface area contributed by atoms with Gasteiger partial charge in [-0.1, -0.05) is 0 Å². The molecule has 0 aliphatic heterocycles. The van der Waals surface area contributed by atoms with Crippen molar-refractivity contribution in [3.8, 4) is 0 Å². The van der Waals surface area contributed by atoms with Crippen LogP contribution in [0.2, 0.25) is 0 Å². The van der Waals surface area contributed by atoms with Crippen molar-refractivity contribution in [3.63, 3.8) is 0 Å². The fourth-order valence-corrected chi connectivity index (χ4v) is 0.460. The maximum Gasteiger partial charge on any atom is 0.143 e. The normalized spacial score (nSPS) is 9.12. The smallest absolute Gasteiger partial charge is 0.143 e. The number of hydrogen-bond acceptors (Lipinski definition) is 3. The Hall–Kier alpha value is -1.19. The molecule has 0 bridgehead atoms. The van der Waals surface area contributed by atoms with Gasteiger partial charge in [0.2, 0.25) is 0 Å². The van der Waals surface area contributed by atoms with E-state index in [-0.39, 0.29) is 0 Å². The molecule has 1 rings (SSSR count). The molecule has 0 atom stereocenters. The molecule has 1 heterocycles. The Morgan fingerprint density at radius 1 is 1.88 bits per heavy atom. The second kappa shape index (κ2) is 1.73. The molecule has 0 amide bonds. The molecule has 44 valence electrons. The van der Waals surface area contributed by atoms with Crippen LogP contribution in [-0.2, 0) is 0 Å². The summed E-state index contributed by atoms with van der Waals surface area (Å²) in [6.07, 6.45) is 3.30. The zero-order valence-electron chi connectivity index (χ0n) is 4.63. The summed E-state index contributed by atoms with van der Waals surface area (Å²) in [6, 6.07) is 0. The van der Waals surface area contributed by atoms with E-state index in [0.29, 0.717) is 5.82 Å². The molecular weight excluding hydrogens is 104 g/mol. The van der Waals surface area contributed by atoms with E-state index in [9.17, 15) is 0 Å². The van der Waals surface area contributed by atoms with E-state index in [0.717, 1.165) is 0 Å². The predicted molar refractivity (Wildman–Crippen MR) is 31.9 cm³/mol. The average molecular weight is 112 g/mol. The van der Waals surface area contributed by atoms with Crippen molar-refractivity contribution in [2.24, 2.45) is 0 Å². The van der Waals surface area contributed by atoms with Crippen molar-refractivity contribution in [2.75, 3.05) is 18.2 Å². The fourth-order valence-electron chi connectivity index (χ4n) is 0.460. The Labute approximate surface area is 47.3 Å². The second-order valence-electron chi connectivity index (χ2n) is 1.43. The fraction of sp³-hybridized carbons (Fsp3) is 0.250. The molecule has 0 aliphatic rings. The predicted octanol–water partition coefficient (Wildman–Crippen LogP) is -0.361. The third-order valence-corrected chi connectivity index (χ3v) is 0.861. The van der Waals surface area contributed by atoms with Crippen LogP contribution < -0.4 is 11.2 Å². The molecule has 8 heavy (non-hydrogen) atoms. The number of rotatable bonds is 1. The summed E-state index contributed by atoms with van der Waals surface area (Å²) in [7, 11) is 1.79. The molecule has 3 N–H and O–H groups in total. The van der Waals surface area contributed by atoms with Crippen LogP contribution in [0.4, 0.5) is 5.82 Å². The molecule has 4 nitrogen and oxygen atoms in total. The summed E-state index contributed by atoms with van der Waals surface area (Å²) in [5, 5.41) is 0. The van der Waals surface area contributed by atoms with E-state index in [1.165, 1.54) is 0 Å². The molecule has 0 fully saturated rings. The van der Waals surface area contributed by atoms with Gasteiger partial charge in [0.15, 0.2) is 0 Å². The lowest BCUT2D eigenvalue weighted by atomic mass is 10.8. The first-order chi connectivity index (χ1) is 3.83. The van der Waals surface area contributed by atoms with Crippen molar-refractivity contribution < 1.29 is 0 Å². The summed E-state index contributed by atoms with van der Waals surface area (Å²) >= 11 is 0. The number of nitrogen functional groups attached to an aromatic ring is 1. The van der Waals surface area contributed by atoms with Crippen molar-refractivity contribution in [1.29, 1.82) is 0 Å². The molecule has 0 saturated heterocycles. The molecule has 1 aromatic heterocycles. The Balaban J connectivity index is 2.84. The maximum atomic E-state index is 5.28. The van der Waals surface area contributed by atoms with Crippen molar-refractivity contribution in [1.82, 2.24) is 9.66 Å². The summed E-state index contributed by atoms with van der Waals surface area (Å²) in [5.41, 5.74) is 8.10. The second-order valence-corrected chi connectivity index (χ2v) is 1.43. The number of anilines is 1. The Bertz CT molecular complexity index is 168. The van der Waals surface area contributed by atoms with Gasteiger partial charge in [-0.2, -0.15) is 0 Å². The van der Waals surface area contributed by atoms with E-state index in [1.807, 2.05) is 0 Å². The molecule has 4 heteroatoms. The number of nitrogens with two attached hydrogens (primary N) is 1. The molecule has 0 unspecified atom stereocenters. The van der Waals surface area contributed by atoms with E-state index < -0.39 is 0 Å². The Morgan fingerprint density at radius 3 is 2.88 bits per heavy atom. The topological polar surface area (TPSA) is 55.9 Å². The highest BCUT2D eigenvalue weighted by Crippen LogP contribution is 1.90. The van der Waals surface area contributed by atoms with Crippen LogP contribution in [0.5, 0.6) is 0 Å². The first-order valence-corrected chi connectivity index (χ1v) is 2.30. The van der Waals surface area contributed by atoms with E-state index in [1.54, 1.807) is 24.2 Å². The highest BCUT2D eigenvalue weighted by atomic mass is 15.4. The standard InChI is InChI=1S/C4H8N4/c1-6-8-2-4(5)7-3-8/h2-3,6H,5H2,1H3. The largest absolute Gasteiger partial charge is 0.382 e. The molecule has 0 aromatic carbocycles. The summed E-state index contributed by atoms with van der Waals surface area (Å²) in [4.78, 5) is 3.77. The van der Waals surface area contributed by atoms with Gasteiger partial charge in [-0.05, 0) is 0 Å². The minimum atomic E-state index is 0.527. The first-order valence-electron chi connectivity index (χ1n) is 2.30. The molecule has 0 aliphatic carbocycles. The molecule has 0 radical (unpaired) electrons. The van der Waals surface area contributed by atoms with Gasteiger partial charge in [-0.25, -0.2) is 4.98 Å². The van der Waals surface area contributed by atoms with Gasteiger partial charge < -0.3 is 11.2 Å². The molecule has 1 aromatic rings. The summed E-state index contributed by atoms with van der Waals surface area (Å²) in [6.45, 7) is 0. The van der Waals surface area contributed by atoms with Crippen molar-refractivity contribution in [2.45, 2.75) is 0 Å². The van der Waals surface area contributed by atoms with Gasteiger partial charge in [-0.3, -0.25) is 4.68 Å². The van der Waals surface area contributed by atoms with Crippen molar-refractivity contribution >= 4 is 5.82 Å². The first kappa shape index (κ1) is 4.96. The lowest BCUT2D eigenvalue weighted by molar-refractivity contribution is 0.924. The van der Waals surface area contributed by atoms with Gasteiger partial charge in [0.05, 0.1) is 6.20 Å². The number of hydrogen-bond donors (Lipinski definition) is 2. The van der Waals surface area contributed by atoms with Crippen LogP contribution in [0.3, 0.4) is 0 Å². The van der Waals surface area contributed by atoms with Gasteiger partial charge in [0.1, 0.15) is 12.1 Å². The minimum absolute atomic E-state index is 0.527. The zero-order chi connectivity index (χ0) is 5.98. The number of aromatic nitrogens is 2. The Kier molecular flexibility index (Phi) is 1.07. The van der Waals surface area contributed by atoms with Gasteiger partial charge in [0.25, 0.3) is 0 Å². The third kappa shape index (κ3) is 0.726. The third-order valence-electron chi connectivity index (χ3n) is 0.861. The lowest BCUT2D eigenvalue weighted by Crippen LogP contribution is -2.04. The van der Waals surface area contributed by atoms with Crippen LogP contribution in [0.1, 0.15) is 0 Å². The van der Waals surface area contributed by atoms with Gasteiger partial charge in [-0.15, -0.1) is 0 Å². The number of imidazole rings is 1. The summed E-state index contributed by atoms with van der Waals surface area (Å²) < 4.78 is 1.68. The minimum Gasteiger partial charge on any atom is -0.382 e. The molecule has 0 spiro atoms. The monoisotopic (exact) mass is 112 g/mol. The van der Waals surface area contributed by atoms with Crippen LogP contribution in [0.25, 0.3) is 0 Å². The van der Waals surface area contributed by atoms with E-state index >= 15 is 0 Å². The number of nitrogens with one attached hydrogen (secondary N) is 1. The maximum absolute atomic E-state index is 5.28. The highest BCUT2D eigenvalue weighted by molar-refractivity contribution is 5.22. The quantitative estimate of drug-likeness (QED) is 0.521. The van der Waals surface area contributed by atoms with Crippen LogP contribution in [0.15, 0.2) is 12.5 Å². The zero-order valence-corrected chi connectivity index (χ0v) is 4.63. The highest BCUT2D eigenvalue weighted by Gasteiger charge is 1.85. The van der Waals surface area contributed by atoms with Gasteiger partial charge in [0, 0.05) is 7.05 Å². The molecular formula is C4H8N4. The van der Waals surface area contributed by atoms with Crippen molar-refractivity contribution in [3.05, 3.63) is 12.5 Å². The summed E-state index contributed by atoms with van der Waals surface area (Å²) in [5.74, 6) is 0.527. The average Bonchev–Trinajstić information content (AvgIpc) is 2.14. The van der Waals surface area contributed by atoms with Crippen LogP contribution in [-0.4, -0.2) is 16.7 Å². The van der Waals surface area contributed by atoms with E-state index in [4.69, 9.17) is 5.73 Å². The van der Waals surface area contributed by atoms with E-state index in [2.05, 4.69) is 10.4 Å². The Morgan fingerprint density at radius 2 is 2.62 bits per heavy atom. The number of nitrogens with zero attached hydrogens (tertiary/aromatic N) is 2. The van der Waals surface area contributed by atoms with Crippen LogP contribution in [0, 0.1) is 0 Å². The SMILES string of the molecule is CNn1cnc(N)c1.